The van der Waals surface area contributed by atoms with Crippen LogP contribution in [0, 0.1) is 11.3 Å². The number of nitrogens with zero attached hydrogens (tertiary/aromatic N) is 2. The number of ether oxygens (including phenoxy) is 2. The Hall–Kier alpha value is -2.73. The minimum Gasteiger partial charge on any atom is -0.497 e. The van der Waals surface area contributed by atoms with Gasteiger partial charge >= 0.3 is 0 Å². The van der Waals surface area contributed by atoms with E-state index in [0.717, 1.165) is 22.2 Å². The van der Waals surface area contributed by atoms with Gasteiger partial charge < -0.3 is 14.0 Å². The van der Waals surface area contributed by atoms with E-state index in [9.17, 15) is 13.7 Å². The average molecular weight is 462 g/mol. The number of rotatable bonds is 10. The number of hydrogen-bond donors (Lipinski definition) is 1. The molecule has 0 aliphatic rings. The number of methoxy groups -OCH3 is 2. The molecule has 0 spiro atoms. The Labute approximate surface area is 187 Å². The molecule has 1 heterocycles. The van der Waals surface area contributed by atoms with Gasteiger partial charge in [0.2, 0.25) is 10.0 Å². The van der Waals surface area contributed by atoms with Gasteiger partial charge in [-0.2, -0.15) is 5.26 Å². The van der Waals surface area contributed by atoms with Gasteiger partial charge in [0.15, 0.2) is 0 Å². The highest BCUT2D eigenvalue weighted by molar-refractivity contribution is 7.92. The van der Waals surface area contributed by atoms with Crippen molar-refractivity contribution in [2.75, 3.05) is 37.2 Å². The molecule has 1 N–H and O–H groups in total. The van der Waals surface area contributed by atoms with Gasteiger partial charge in [-0.15, -0.1) is 11.6 Å². The van der Waals surface area contributed by atoms with E-state index in [1.54, 1.807) is 38.5 Å². The second kappa shape index (κ2) is 10.1. The zero-order chi connectivity index (χ0) is 22.4. The SMILES string of the molecule is COCCn1c(-c2ccc(NS(=O)(=O)CCCCl)cc2)c(C#N)c2ccc(OC)cc21. The third-order valence-corrected chi connectivity index (χ3v) is 6.52. The topological polar surface area (TPSA) is 93.4 Å². The summed E-state index contributed by atoms with van der Waals surface area (Å²) in [5.41, 5.74) is 3.42. The number of nitriles is 1. The fraction of sp³-hybridized carbons (Fsp3) is 0.318. The van der Waals surface area contributed by atoms with Gasteiger partial charge in [0.05, 0.1) is 36.2 Å². The largest absolute Gasteiger partial charge is 0.497 e. The molecule has 31 heavy (non-hydrogen) atoms. The van der Waals surface area contributed by atoms with Crippen LogP contribution in [0.4, 0.5) is 5.69 Å². The lowest BCUT2D eigenvalue weighted by Gasteiger charge is -2.12. The molecule has 0 unspecified atom stereocenters. The molecule has 0 fully saturated rings. The van der Waals surface area contributed by atoms with Crippen molar-refractivity contribution in [1.82, 2.24) is 4.57 Å². The maximum atomic E-state index is 12.1. The lowest BCUT2D eigenvalue weighted by atomic mass is 10.1. The van der Waals surface area contributed by atoms with Crippen molar-refractivity contribution in [2.24, 2.45) is 0 Å². The summed E-state index contributed by atoms with van der Waals surface area (Å²) in [7, 11) is -0.231. The van der Waals surface area contributed by atoms with E-state index in [2.05, 4.69) is 10.8 Å². The molecule has 0 radical (unpaired) electrons. The van der Waals surface area contributed by atoms with Crippen molar-refractivity contribution in [1.29, 1.82) is 5.26 Å². The predicted octanol–water partition coefficient (Wildman–Crippen LogP) is 4.21. The Balaban J connectivity index is 2.06. The summed E-state index contributed by atoms with van der Waals surface area (Å²) in [6.07, 6.45) is 0.379. The monoisotopic (exact) mass is 461 g/mol. The number of alkyl halides is 1. The van der Waals surface area contributed by atoms with Gasteiger partial charge in [-0.1, -0.05) is 12.1 Å². The van der Waals surface area contributed by atoms with Gasteiger partial charge in [-0.3, -0.25) is 4.72 Å². The highest BCUT2D eigenvalue weighted by Gasteiger charge is 2.19. The quantitative estimate of drug-likeness (QED) is 0.456. The third kappa shape index (κ3) is 5.13. The van der Waals surface area contributed by atoms with E-state index in [4.69, 9.17) is 21.1 Å². The molecule has 0 aliphatic heterocycles. The molecule has 1 aromatic heterocycles. The van der Waals surface area contributed by atoms with E-state index in [-0.39, 0.29) is 11.6 Å². The lowest BCUT2D eigenvalue weighted by molar-refractivity contribution is 0.189. The molecular formula is C22H24ClN3O4S. The van der Waals surface area contributed by atoms with Crippen LogP contribution in [-0.2, 0) is 21.3 Å². The van der Waals surface area contributed by atoms with Gasteiger partial charge in [0, 0.05) is 36.7 Å². The third-order valence-electron chi connectivity index (χ3n) is 4.88. The number of benzene rings is 2. The van der Waals surface area contributed by atoms with Crippen molar-refractivity contribution >= 4 is 38.2 Å². The zero-order valence-corrected chi connectivity index (χ0v) is 19.0. The molecule has 0 aliphatic carbocycles. The zero-order valence-electron chi connectivity index (χ0n) is 17.4. The van der Waals surface area contributed by atoms with Crippen molar-refractivity contribution in [3.63, 3.8) is 0 Å². The summed E-state index contributed by atoms with van der Waals surface area (Å²) >= 11 is 5.59. The number of fused-ring (bicyclic) bond motifs is 1. The van der Waals surface area contributed by atoms with Crippen molar-refractivity contribution < 1.29 is 17.9 Å². The highest BCUT2D eigenvalue weighted by Crippen LogP contribution is 2.35. The Bertz CT molecular complexity index is 1200. The number of sulfonamides is 1. The summed E-state index contributed by atoms with van der Waals surface area (Å²) in [6, 6.07) is 14.9. The van der Waals surface area contributed by atoms with E-state index >= 15 is 0 Å². The van der Waals surface area contributed by atoms with Gasteiger partial charge in [0.25, 0.3) is 0 Å². The summed E-state index contributed by atoms with van der Waals surface area (Å²) in [6.45, 7) is 1.02. The Morgan fingerprint density at radius 2 is 1.90 bits per heavy atom. The van der Waals surface area contributed by atoms with Gasteiger partial charge in [-0.25, -0.2) is 8.42 Å². The van der Waals surface area contributed by atoms with Crippen molar-refractivity contribution in [2.45, 2.75) is 13.0 Å². The molecule has 0 saturated heterocycles. The average Bonchev–Trinajstić information content (AvgIpc) is 3.09. The molecule has 7 nitrogen and oxygen atoms in total. The predicted molar refractivity (Wildman–Crippen MR) is 123 cm³/mol. The number of nitrogens with one attached hydrogen (secondary N) is 1. The normalized spacial score (nSPS) is 11.4. The van der Waals surface area contributed by atoms with Crippen LogP contribution >= 0.6 is 11.6 Å². The van der Waals surface area contributed by atoms with Crippen LogP contribution in [-0.4, -0.2) is 45.4 Å². The first-order valence-electron chi connectivity index (χ1n) is 9.70. The Morgan fingerprint density at radius 1 is 1.16 bits per heavy atom. The molecular weight excluding hydrogens is 438 g/mol. The minimum atomic E-state index is -3.46. The van der Waals surface area contributed by atoms with Crippen LogP contribution in [0.1, 0.15) is 12.0 Å². The standard InChI is InChI=1S/C22H24ClN3O4S/c1-29-12-11-26-21-14-18(30-2)8-9-19(21)20(15-24)22(26)16-4-6-17(7-5-16)25-31(27,28)13-3-10-23/h4-9,14,25H,3,10-13H2,1-2H3. The molecule has 164 valence electrons. The molecule has 0 amide bonds. The van der Waals surface area contributed by atoms with E-state index in [1.807, 2.05) is 22.8 Å². The fourth-order valence-electron chi connectivity index (χ4n) is 3.46. The van der Waals surface area contributed by atoms with Gasteiger partial charge in [0.1, 0.15) is 11.8 Å². The van der Waals surface area contributed by atoms with Gasteiger partial charge in [-0.05, 0) is 36.2 Å². The van der Waals surface area contributed by atoms with Crippen molar-refractivity contribution in [3.8, 4) is 23.1 Å². The first-order valence-corrected chi connectivity index (χ1v) is 11.9. The second-order valence-electron chi connectivity index (χ2n) is 6.90. The Morgan fingerprint density at radius 3 is 2.52 bits per heavy atom. The molecule has 3 rings (SSSR count). The maximum absolute atomic E-state index is 12.1. The summed E-state index contributed by atoms with van der Waals surface area (Å²) in [5.74, 6) is 0.943. The first-order chi connectivity index (χ1) is 14.9. The van der Waals surface area contributed by atoms with E-state index < -0.39 is 10.0 Å². The highest BCUT2D eigenvalue weighted by atomic mass is 35.5. The summed E-state index contributed by atoms with van der Waals surface area (Å²) in [4.78, 5) is 0. The molecule has 0 atom stereocenters. The van der Waals surface area contributed by atoms with E-state index in [1.165, 1.54) is 0 Å². The summed E-state index contributed by atoms with van der Waals surface area (Å²) < 4.78 is 39.5. The number of halogens is 1. The van der Waals surface area contributed by atoms with Crippen LogP contribution in [0.3, 0.4) is 0 Å². The van der Waals surface area contributed by atoms with Crippen LogP contribution < -0.4 is 9.46 Å². The second-order valence-corrected chi connectivity index (χ2v) is 9.12. The number of anilines is 1. The van der Waals surface area contributed by atoms with Crippen LogP contribution in [0.25, 0.3) is 22.2 Å². The lowest BCUT2D eigenvalue weighted by Crippen LogP contribution is -2.16. The molecule has 0 bridgehead atoms. The first kappa shape index (κ1) is 22.9. The van der Waals surface area contributed by atoms with Crippen LogP contribution in [0.5, 0.6) is 5.75 Å². The molecule has 0 saturated carbocycles. The number of hydrogen-bond acceptors (Lipinski definition) is 5. The molecule has 3 aromatic rings. The molecule has 9 heteroatoms. The Kier molecular flexibility index (Phi) is 7.44. The summed E-state index contributed by atoms with van der Waals surface area (Å²) in [5, 5.41) is 10.7. The number of aromatic nitrogens is 1. The minimum absolute atomic E-state index is 0.0378. The maximum Gasteiger partial charge on any atom is 0.232 e. The molecule has 2 aromatic carbocycles. The van der Waals surface area contributed by atoms with E-state index in [0.29, 0.717) is 36.6 Å². The van der Waals surface area contributed by atoms with Crippen LogP contribution in [0.2, 0.25) is 0 Å². The van der Waals surface area contributed by atoms with Crippen LogP contribution in [0.15, 0.2) is 42.5 Å². The fourth-order valence-corrected chi connectivity index (χ4v) is 4.87. The van der Waals surface area contributed by atoms with Crippen molar-refractivity contribution in [3.05, 3.63) is 48.0 Å². The smallest absolute Gasteiger partial charge is 0.232 e.